The number of aromatic nitrogens is 1. The Hall–Kier alpha value is -2.36. The predicted molar refractivity (Wildman–Crippen MR) is 75.0 cm³/mol. The van der Waals surface area contributed by atoms with E-state index in [2.05, 4.69) is 4.98 Å². The van der Waals surface area contributed by atoms with Crippen LogP contribution in [0.4, 0.5) is 0 Å². The van der Waals surface area contributed by atoms with E-state index < -0.39 is 5.97 Å². The fourth-order valence-corrected chi connectivity index (χ4v) is 1.96. The van der Waals surface area contributed by atoms with E-state index in [1.807, 2.05) is 19.1 Å². The number of benzene rings is 1. The van der Waals surface area contributed by atoms with Gasteiger partial charge in [0.05, 0.1) is 17.4 Å². The Morgan fingerprint density at radius 3 is 2.70 bits per heavy atom. The van der Waals surface area contributed by atoms with E-state index >= 15 is 0 Å². The highest BCUT2D eigenvalue weighted by Crippen LogP contribution is 2.34. The van der Waals surface area contributed by atoms with Gasteiger partial charge in [0, 0.05) is 11.8 Å². The van der Waals surface area contributed by atoms with E-state index in [1.165, 1.54) is 0 Å². The van der Waals surface area contributed by atoms with Crippen LogP contribution in [-0.2, 0) is 0 Å². The zero-order chi connectivity index (χ0) is 14.1. The maximum Gasteiger partial charge on any atom is 0.335 e. The van der Waals surface area contributed by atoms with Gasteiger partial charge in [-0.1, -0.05) is 6.07 Å². The van der Waals surface area contributed by atoms with Gasteiger partial charge in [-0.3, -0.25) is 4.98 Å². The van der Waals surface area contributed by atoms with Crippen molar-refractivity contribution in [3.05, 3.63) is 47.7 Å². The molecular formula is C16H15NO3. The molecule has 1 N–H and O–H groups in total. The summed E-state index contributed by atoms with van der Waals surface area (Å²) in [7, 11) is 0. The summed E-state index contributed by atoms with van der Waals surface area (Å²) in [4.78, 5) is 15.5. The Morgan fingerprint density at radius 1 is 1.30 bits per heavy atom. The molecule has 102 valence electrons. The molecule has 0 radical (unpaired) electrons. The first-order valence-electron chi connectivity index (χ1n) is 6.60. The number of carboxylic acids is 1. The van der Waals surface area contributed by atoms with Gasteiger partial charge < -0.3 is 9.84 Å². The van der Waals surface area contributed by atoms with Crippen molar-refractivity contribution < 1.29 is 14.6 Å². The standard InChI is InChI=1S/C16H15NO3/c1-10-2-7-14(17-9-10)13-6-3-11(16(18)19)8-15(13)20-12-4-5-12/h2-3,6-9,12H,4-5H2,1H3,(H,18,19). The summed E-state index contributed by atoms with van der Waals surface area (Å²) in [6.45, 7) is 1.98. The number of aryl methyl sites for hydroxylation is 1. The minimum atomic E-state index is -0.950. The van der Waals surface area contributed by atoms with Crippen molar-refractivity contribution in [2.24, 2.45) is 0 Å². The fourth-order valence-electron chi connectivity index (χ4n) is 1.96. The molecule has 4 nitrogen and oxygen atoms in total. The highest BCUT2D eigenvalue weighted by atomic mass is 16.5. The van der Waals surface area contributed by atoms with Gasteiger partial charge in [0.1, 0.15) is 5.75 Å². The molecule has 1 aromatic heterocycles. The van der Waals surface area contributed by atoms with Crippen LogP contribution < -0.4 is 4.74 Å². The van der Waals surface area contributed by atoms with Gasteiger partial charge in [0.15, 0.2) is 0 Å². The van der Waals surface area contributed by atoms with Gasteiger partial charge in [0.25, 0.3) is 0 Å². The van der Waals surface area contributed by atoms with Gasteiger partial charge >= 0.3 is 5.97 Å². The van der Waals surface area contributed by atoms with Crippen LogP contribution in [0.15, 0.2) is 36.5 Å². The van der Waals surface area contributed by atoms with Crippen molar-refractivity contribution in [2.75, 3.05) is 0 Å². The van der Waals surface area contributed by atoms with Gasteiger partial charge in [-0.2, -0.15) is 0 Å². The van der Waals surface area contributed by atoms with Gasteiger partial charge in [-0.15, -0.1) is 0 Å². The molecule has 0 aliphatic heterocycles. The number of nitrogens with zero attached hydrogens (tertiary/aromatic N) is 1. The average Bonchev–Trinajstić information content (AvgIpc) is 3.24. The summed E-state index contributed by atoms with van der Waals surface area (Å²) in [5.41, 5.74) is 2.95. The molecule has 0 spiro atoms. The number of aromatic carboxylic acids is 1. The molecule has 0 bridgehead atoms. The molecule has 3 rings (SSSR count). The number of pyridine rings is 1. The SMILES string of the molecule is Cc1ccc(-c2ccc(C(=O)O)cc2OC2CC2)nc1. The van der Waals surface area contributed by atoms with E-state index in [4.69, 9.17) is 9.84 Å². The lowest BCUT2D eigenvalue weighted by atomic mass is 10.1. The average molecular weight is 269 g/mol. The van der Waals surface area contributed by atoms with Crippen molar-refractivity contribution in [2.45, 2.75) is 25.9 Å². The molecule has 1 aliphatic rings. The van der Waals surface area contributed by atoms with Crippen molar-refractivity contribution in [1.29, 1.82) is 0 Å². The smallest absolute Gasteiger partial charge is 0.335 e. The van der Waals surface area contributed by atoms with Gasteiger partial charge in [-0.05, 0) is 49.6 Å². The largest absolute Gasteiger partial charge is 0.490 e. The maximum absolute atomic E-state index is 11.1. The third-order valence-electron chi connectivity index (χ3n) is 3.23. The second-order valence-electron chi connectivity index (χ2n) is 5.05. The van der Waals surface area contributed by atoms with Crippen LogP contribution >= 0.6 is 0 Å². The first kappa shape index (κ1) is 12.7. The summed E-state index contributed by atoms with van der Waals surface area (Å²) >= 11 is 0. The van der Waals surface area contributed by atoms with Crippen molar-refractivity contribution in [3.63, 3.8) is 0 Å². The number of ether oxygens (including phenoxy) is 1. The molecule has 1 heterocycles. The third-order valence-corrected chi connectivity index (χ3v) is 3.23. The van der Waals surface area contributed by atoms with Crippen LogP contribution in [0, 0.1) is 6.92 Å². The number of hydrogen-bond donors (Lipinski definition) is 1. The summed E-state index contributed by atoms with van der Waals surface area (Å²) in [5.74, 6) is -0.349. The van der Waals surface area contributed by atoms with E-state index in [1.54, 1.807) is 24.4 Å². The second kappa shape index (κ2) is 4.96. The highest BCUT2D eigenvalue weighted by Gasteiger charge is 2.25. The minimum absolute atomic E-state index is 0.211. The molecular weight excluding hydrogens is 254 g/mol. The van der Waals surface area contributed by atoms with Crippen LogP contribution in [0.3, 0.4) is 0 Å². The maximum atomic E-state index is 11.1. The van der Waals surface area contributed by atoms with Crippen LogP contribution in [0.25, 0.3) is 11.3 Å². The Morgan fingerprint density at radius 2 is 2.10 bits per heavy atom. The number of carboxylic acid groups (broad SMARTS) is 1. The summed E-state index contributed by atoms with van der Waals surface area (Å²) in [6.07, 6.45) is 4.06. The molecule has 1 aromatic carbocycles. The molecule has 0 amide bonds. The zero-order valence-corrected chi connectivity index (χ0v) is 11.2. The van der Waals surface area contributed by atoms with E-state index in [0.29, 0.717) is 5.75 Å². The van der Waals surface area contributed by atoms with Gasteiger partial charge in [0.2, 0.25) is 0 Å². The molecule has 0 saturated heterocycles. The van der Waals surface area contributed by atoms with Crippen LogP contribution in [0.1, 0.15) is 28.8 Å². The second-order valence-corrected chi connectivity index (χ2v) is 5.05. The van der Waals surface area contributed by atoms with E-state index in [-0.39, 0.29) is 11.7 Å². The Kier molecular flexibility index (Phi) is 3.14. The quantitative estimate of drug-likeness (QED) is 0.925. The topological polar surface area (TPSA) is 59.4 Å². The van der Waals surface area contributed by atoms with Crippen LogP contribution in [0.2, 0.25) is 0 Å². The Bertz CT molecular complexity index is 645. The predicted octanol–water partition coefficient (Wildman–Crippen LogP) is 3.30. The molecule has 1 aliphatic carbocycles. The summed E-state index contributed by atoms with van der Waals surface area (Å²) in [5, 5.41) is 9.09. The highest BCUT2D eigenvalue weighted by molar-refractivity contribution is 5.89. The summed E-state index contributed by atoms with van der Waals surface area (Å²) < 4.78 is 5.83. The third kappa shape index (κ3) is 2.64. The molecule has 20 heavy (non-hydrogen) atoms. The fraction of sp³-hybridized carbons (Fsp3) is 0.250. The van der Waals surface area contributed by atoms with E-state index in [0.717, 1.165) is 29.7 Å². The van der Waals surface area contributed by atoms with Crippen LogP contribution in [0.5, 0.6) is 5.75 Å². The minimum Gasteiger partial charge on any atom is -0.490 e. The van der Waals surface area contributed by atoms with Crippen molar-refractivity contribution >= 4 is 5.97 Å². The lowest BCUT2D eigenvalue weighted by molar-refractivity contribution is 0.0696. The first-order valence-corrected chi connectivity index (χ1v) is 6.60. The van der Waals surface area contributed by atoms with Crippen molar-refractivity contribution in [3.8, 4) is 17.0 Å². The first-order chi connectivity index (χ1) is 9.63. The Labute approximate surface area is 117 Å². The lowest BCUT2D eigenvalue weighted by Gasteiger charge is -2.11. The van der Waals surface area contributed by atoms with Crippen LogP contribution in [-0.4, -0.2) is 22.2 Å². The molecule has 1 fully saturated rings. The van der Waals surface area contributed by atoms with Gasteiger partial charge in [-0.25, -0.2) is 4.79 Å². The Balaban J connectivity index is 2.03. The molecule has 2 aromatic rings. The molecule has 4 heteroatoms. The zero-order valence-electron chi connectivity index (χ0n) is 11.2. The van der Waals surface area contributed by atoms with Crippen molar-refractivity contribution in [1.82, 2.24) is 4.98 Å². The number of hydrogen-bond acceptors (Lipinski definition) is 3. The number of carbonyl (C=O) groups is 1. The monoisotopic (exact) mass is 269 g/mol. The molecule has 0 unspecified atom stereocenters. The molecule has 1 saturated carbocycles. The normalized spacial score (nSPS) is 14.1. The number of rotatable bonds is 4. The molecule has 0 atom stereocenters. The lowest BCUT2D eigenvalue weighted by Crippen LogP contribution is -2.02. The summed E-state index contributed by atoms with van der Waals surface area (Å²) in [6, 6.07) is 8.83. The van der Waals surface area contributed by atoms with E-state index in [9.17, 15) is 4.79 Å².